The van der Waals surface area contributed by atoms with Crippen LogP contribution in [0.1, 0.15) is 5.56 Å². The van der Waals surface area contributed by atoms with Crippen molar-refractivity contribution in [1.82, 2.24) is 0 Å². The van der Waals surface area contributed by atoms with Gasteiger partial charge in [0.25, 0.3) is 0 Å². The van der Waals surface area contributed by atoms with E-state index in [-0.39, 0.29) is 17.0 Å². The molecule has 1 aromatic carbocycles. The number of hydrogen-bond acceptors (Lipinski definition) is 0. The zero-order valence-corrected chi connectivity index (χ0v) is 6.96. The molecule has 0 amide bonds. The molecular formula is C8H4ClF4. The first kappa shape index (κ1) is 10.3. The van der Waals surface area contributed by atoms with Crippen molar-refractivity contribution in [2.75, 3.05) is 0 Å². The van der Waals surface area contributed by atoms with Crippen LogP contribution in [0.25, 0.3) is 0 Å². The maximum absolute atomic E-state index is 12.5. The lowest BCUT2D eigenvalue weighted by Gasteiger charge is -2.05. The van der Waals surface area contributed by atoms with Crippen LogP contribution in [0.15, 0.2) is 18.2 Å². The van der Waals surface area contributed by atoms with Crippen molar-refractivity contribution in [1.29, 1.82) is 0 Å². The topological polar surface area (TPSA) is 0 Å². The Balaban J connectivity index is 2.86. The lowest BCUT2D eigenvalue weighted by Crippen LogP contribution is -2.08. The average molecular weight is 212 g/mol. The molecule has 0 aliphatic carbocycles. The van der Waals surface area contributed by atoms with E-state index in [9.17, 15) is 17.6 Å². The van der Waals surface area contributed by atoms with Crippen LogP contribution in [0, 0.1) is 12.2 Å². The number of alkyl halides is 3. The molecule has 0 N–H and O–H groups in total. The van der Waals surface area contributed by atoms with Crippen LogP contribution in [0.4, 0.5) is 17.6 Å². The van der Waals surface area contributed by atoms with E-state index in [2.05, 4.69) is 0 Å². The first-order chi connectivity index (χ1) is 5.88. The predicted octanol–water partition coefficient (Wildman–Crippen LogP) is 3.59. The van der Waals surface area contributed by atoms with Crippen molar-refractivity contribution in [3.8, 4) is 0 Å². The second-order valence-corrected chi connectivity index (χ2v) is 2.77. The fourth-order valence-corrected chi connectivity index (χ4v) is 0.980. The molecule has 0 aromatic heterocycles. The molecule has 0 nitrogen and oxygen atoms in total. The van der Waals surface area contributed by atoms with Gasteiger partial charge in [0.15, 0.2) is 0 Å². The van der Waals surface area contributed by atoms with Crippen LogP contribution in [-0.4, -0.2) is 6.18 Å². The van der Waals surface area contributed by atoms with Gasteiger partial charge in [-0.15, -0.1) is 0 Å². The second-order valence-electron chi connectivity index (χ2n) is 2.36. The third-order valence-corrected chi connectivity index (χ3v) is 1.56. The van der Waals surface area contributed by atoms with Gasteiger partial charge in [-0.25, -0.2) is 4.39 Å². The Morgan fingerprint density at radius 1 is 1.23 bits per heavy atom. The standard InChI is InChI=1S/C8H4ClF4/c9-6-3-5(1-2-7(6)10)4-8(11,12)13/h1-4H. The molecule has 71 valence electrons. The van der Waals surface area contributed by atoms with Gasteiger partial charge in [-0.05, 0) is 17.7 Å². The van der Waals surface area contributed by atoms with E-state index in [0.717, 1.165) is 18.2 Å². The van der Waals surface area contributed by atoms with Gasteiger partial charge in [-0.3, -0.25) is 0 Å². The van der Waals surface area contributed by atoms with E-state index in [4.69, 9.17) is 11.6 Å². The summed E-state index contributed by atoms with van der Waals surface area (Å²) in [6.07, 6.45) is -4.36. The molecule has 5 heteroatoms. The van der Waals surface area contributed by atoms with E-state index in [1.54, 1.807) is 0 Å². The monoisotopic (exact) mass is 211 g/mol. The number of hydrogen-bond donors (Lipinski definition) is 0. The summed E-state index contributed by atoms with van der Waals surface area (Å²) < 4.78 is 47.8. The van der Waals surface area contributed by atoms with Crippen LogP contribution in [-0.2, 0) is 0 Å². The quantitative estimate of drug-likeness (QED) is 0.623. The Hall–Kier alpha value is -0.770. The molecule has 1 radical (unpaired) electrons. The van der Waals surface area contributed by atoms with E-state index < -0.39 is 12.0 Å². The SMILES string of the molecule is Fc1ccc([CH]C(F)(F)F)cc1Cl. The lowest BCUT2D eigenvalue weighted by molar-refractivity contribution is -0.0927. The molecule has 0 heterocycles. The molecule has 0 aliphatic rings. The summed E-state index contributed by atoms with van der Waals surface area (Å²) in [5.41, 5.74) is -0.168. The minimum absolute atomic E-state index is 0.0539. The molecular weight excluding hydrogens is 208 g/mol. The summed E-state index contributed by atoms with van der Waals surface area (Å²) in [7, 11) is 0. The maximum atomic E-state index is 12.5. The summed E-state index contributed by atoms with van der Waals surface area (Å²) in [5.74, 6) is -0.735. The van der Waals surface area contributed by atoms with Crippen molar-refractivity contribution < 1.29 is 17.6 Å². The van der Waals surface area contributed by atoms with Gasteiger partial charge in [-0.1, -0.05) is 17.7 Å². The van der Waals surface area contributed by atoms with Gasteiger partial charge >= 0.3 is 6.18 Å². The summed E-state index contributed by atoms with van der Waals surface area (Å²) in [4.78, 5) is 0. The normalized spacial score (nSPS) is 11.8. The number of benzene rings is 1. The van der Waals surface area contributed by atoms with Crippen molar-refractivity contribution in [3.63, 3.8) is 0 Å². The molecule has 0 spiro atoms. The molecule has 0 fully saturated rings. The van der Waals surface area contributed by atoms with Gasteiger partial charge in [0.1, 0.15) is 5.82 Å². The minimum atomic E-state index is -4.42. The molecule has 0 saturated carbocycles. The number of halogens is 5. The molecule has 0 atom stereocenters. The highest BCUT2D eigenvalue weighted by molar-refractivity contribution is 6.30. The third kappa shape index (κ3) is 3.22. The molecule has 13 heavy (non-hydrogen) atoms. The second kappa shape index (κ2) is 3.54. The highest BCUT2D eigenvalue weighted by Gasteiger charge is 2.28. The fourth-order valence-electron chi connectivity index (χ4n) is 0.791. The van der Waals surface area contributed by atoms with Crippen molar-refractivity contribution >= 4 is 11.6 Å². The maximum Gasteiger partial charge on any atom is 0.396 e. The van der Waals surface area contributed by atoms with Gasteiger partial charge in [0.2, 0.25) is 0 Å². The van der Waals surface area contributed by atoms with Crippen LogP contribution >= 0.6 is 11.6 Å². The van der Waals surface area contributed by atoms with E-state index >= 15 is 0 Å². The highest BCUT2D eigenvalue weighted by atomic mass is 35.5. The lowest BCUT2D eigenvalue weighted by atomic mass is 10.1. The Morgan fingerprint density at radius 3 is 2.31 bits per heavy atom. The summed E-state index contributed by atoms with van der Waals surface area (Å²) in [6.45, 7) is 0. The Morgan fingerprint density at radius 2 is 1.85 bits per heavy atom. The Kier molecular flexibility index (Phi) is 2.81. The van der Waals surface area contributed by atoms with Gasteiger partial charge in [0, 0.05) is 0 Å². The van der Waals surface area contributed by atoms with Crippen LogP contribution < -0.4 is 0 Å². The Labute approximate surface area is 77.1 Å². The first-order valence-electron chi connectivity index (χ1n) is 3.26. The Bertz CT molecular complexity index is 306. The van der Waals surface area contributed by atoms with Crippen LogP contribution in [0.3, 0.4) is 0 Å². The summed E-state index contributed by atoms with van der Waals surface area (Å²) in [6, 6.07) is 2.82. The summed E-state index contributed by atoms with van der Waals surface area (Å²) in [5, 5.41) is -0.321. The van der Waals surface area contributed by atoms with E-state index in [0.29, 0.717) is 0 Å². The van der Waals surface area contributed by atoms with Crippen LogP contribution in [0.2, 0.25) is 5.02 Å². The fraction of sp³-hybridized carbons (Fsp3) is 0.125. The molecule has 0 aliphatic heterocycles. The van der Waals surface area contributed by atoms with Gasteiger partial charge in [-0.2, -0.15) is 13.2 Å². The van der Waals surface area contributed by atoms with Crippen molar-refractivity contribution in [3.05, 3.63) is 41.0 Å². The smallest absolute Gasteiger partial charge is 0.205 e. The number of rotatable bonds is 1. The molecule has 0 unspecified atom stereocenters. The zero-order valence-electron chi connectivity index (χ0n) is 6.20. The highest BCUT2D eigenvalue weighted by Crippen LogP contribution is 2.25. The average Bonchev–Trinajstić information content (AvgIpc) is 1.94. The van der Waals surface area contributed by atoms with Crippen molar-refractivity contribution in [2.24, 2.45) is 0 Å². The van der Waals surface area contributed by atoms with E-state index in [1.165, 1.54) is 0 Å². The first-order valence-corrected chi connectivity index (χ1v) is 3.64. The zero-order chi connectivity index (χ0) is 10.1. The van der Waals surface area contributed by atoms with Crippen molar-refractivity contribution in [2.45, 2.75) is 6.18 Å². The molecule has 0 saturated heterocycles. The minimum Gasteiger partial charge on any atom is -0.205 e. The third-order valence-electron chi connectivity index (χ3n) is 1.27. The molecule has 1 rings (SSSR count). The van der Waals surface area contributed by atoms with Crippen LogP contribution in [0.5, 0.6) is 0 Å². The van der Waals surface area contributed by atoms with E-state index in [1.807, 2.05) is 0 Å². The molecule has 0 bridgehead atoms. The summed E-state index contributed by atoms with van der Waals surface area (Å²) >= 11 is 5.28. The van der Waals surface area contributed by atoms with Gasteiger partial charge in [0.05, 0.1) is 11.4 Å². The molecule has 1 aromatic rings. The van der Waals surface area contributed by atoms with Gasteiger partial charge < -0.3 is 0 Å². The predicted molar refractivity (Wildman–Crippen MR) is 40.9 cm³/mol. The largest absolute Gasteiger partial charge is 0.396 e.